The molecular formula is C13H11ClN2O2S. The largest absolute Gasteiger partial charge is 0.493 e. The number of aromatic hydroxyl groups is 1. The van der Waals surface area contributed by atoms with Gasteiger partial charge in [-0.2, -0.15) is 4.98 Å². The van der Waals surface area contributed by atoms with E-state index in [1.54, 1.807) is 10.6 Å². The van der Waals surface area contributed by atoms with E-state index in [9.17, 15) is 9.90 Å². The van der Waals surface area contributed by atoms with Crippen molar-refractivity contribution >= 4 is 23.4 Å². The molecule has 4 nitrogen and oxygen atoms in total. The normalized spacial score (nSPS) is 13.5. The topological polar surface area (TPSA) is 55.1 Å². The number of thioether (sulfide) groups is 1. The molecule has 0 fully saturated rings. The number of aromatic nitrogens is 2. The summed E-state index contributed by atoms with van der Waals surface area (Å²) in [5.41, 5.74) is 0.941. The molecule has 1 aromatic carbocycles. The Morgan fingerprint density at radius 3 is 3.00 bits per heavy atom. The molecule has 6 heteroatoms. The van der Waals surface area contributed by atoms with Crippen LogP contribution in [-0.4, -0.2) is 20.4 Å². The molecule has 0 spiro atoms. The molecule has 0 atom stereocenters. The summed E-state index contributed by atoms with van der Waals surface area (Å²) in [5, 5.41) is 11.1. The summed E-state index contributed by atoms with van der Waals surface area (Å²) in [6, 6.07) is 7.29. The Kier molecular flexibility index (Phi) is 3.24. The first-order chi connectivity index (χ1) is 9.16. The van der Waals surface area contributed by atoms with Crippen molar-refractivity contribution in [3.8, 4) is 5.88 Å². The molecule has 0 saturated heterocycles. The van der Waals surface area contributed by atoms with Crippen LogP contribution < -0.4 is 5.56 Å². The minimum Gasteiger partial charge on any atom is -0.493 e. The van der Waals surface area contributed by atoms with Gasteiger partial charge in [-0.3, -0.25) is 9.36 Å². The van der Waals surface area contributed by atoms with Crippen LogP contribution in [0, 0.1) is 0 Å². The van der Waals surface area contributed by atoms with Gasteiger partial charge >= 0.3 is 0 Å². The maximum absolute atomic E-state index is 12.3. The molecule has 0 bridgehead atoms. The number of rotatable bonds is 2. The van der Waals surface area contributed by atoms with Crippen LogP contribution in [0.25, 0.3) is 0 Å². The summed E-state index contributed by atoms with van der Waals surface area (Å²) in [4.78, 5) is 16.4. The fourth-order valence-corrected chi connectivity index (χ4v) is 3.23. The van der Waals surface area contributed by atoms with E-state index in [0.717, 1.165) is 11.3 Å². The van der Waals surface area contributed by atoms with E-state index < -0.39 is 0 Å². The van der Waals surface area contributed by atoms with E-state index in [2.05, 4.69) is 4.98 Å². The summed E-state index contributed by atoms with van der Waals surface area (Å²) in [7, 11) is 0. The van der Waals surface area contributed by atoms with Gasteiger partial charge in [-0.05, 0) is 11.6 Å². The molecule has 0 aliphatic carbocycles. The van der Waals surface area contributed by atoms with Crippen molar-refractivity contribution in [3.63, 3.8) is 0 Å². The smallest absolute Gasteiger partial charge is 0.261 e. The minimum absolute atomic E-state index is 0.174. The van der Waals surface area contributed by atoms with E-state index in [1.807, 2.05) is 18.2 Å². The highest BCUT2D eigenvalue weighted by atomic mass is 35.5. The van der Waals surface area contributed by atoms with Gasteiger partial charge in [0.05, 0.1) is 5.56 Å². The Labute approximate surface area is 119 Å². The average molecular weight is 295 g/mol. The molecular weight excluding hydrogens is 284 g/mol. The third kappa shape index (κ3) is 2.24. The van der Waals surface area contributed by atoms with Crippen molar-refractivity contribution in [1.29, 1.82) is 0 Å². The molecule has 1 aromatic heterocycles. The maximum Gasteiger partial charge on any atom is 0.261 e. The first kappa shape index (κ1) is 12.6. The van der Waals surface area contributed by atoms with Crippen molar-refractivity contribution in [3.05, 3.63) is 50.8 Å². The van der Waals surface area contributed by atoms with Crippen molar-refractivity contribution in [2.24, 2.45) is 0 Å². The molecule has 0 unspecified atom stereocenters. The highest BCUT2D eigenvalue weighted by molar-refractivity contribution is 7.99. The van der Waals surface area contributed by atoms with Gasteiger partial charge in [0.15, 0.2) is 5.16 Å². The Morgan fingerprint density at radius 2 is 2.21 bits per heavy atom. The minimum atomic E-state index is -0.189. The van der Waals surface area contributed by atoms with Crippen LogP contribution in [0.5, 0.6) is 5.88 Å². The molecule has 19 heavy (non-hydrogen) atoms. The molecule has 2 heterocycles. The van der Waals surface area contributed by atoms with Crippen molar-refractivity contribution in [2.75, 3.05) is 5.75 Å². The molecule has 0 saturated carbocycles. The number of hydrogen-bond donors (Lipinski definition) is 1. The standard InChI is InChI=1S/C13H11ClN2O2S/c14-10-4-2-1-3-8(10)7-9-11(17)15-13-16(12(9)18)5-6-19-13/h1-4,17H,5-7H2. The zero-order valence-electron chi connectivity index (χ0n) is 9.97. The number of benzene rings is 1. The quantitative estimate of drug-likeness (QED) is 0.864. The molecule has 1 aliphatic heterocycles. The second-order valence-corrected chi connectivity index (χ2v) is 5.74. The zero-order valence-corrected chi connectivity index (χ0v) is 11.5. The molecule has 2 aromatic rings. The lowest BCUT2D eigenvalue weighted by atomic mass is 10.1. The highest BCUT2D eigenvalue weighted by Gasteiger charge is 2.20. The fraction of sp³-hybridized carbons (Fsp3) is 0.231. The summed E-state index contributed by atoms with van der Waals surface area (Å²) in [5.74, 6) is 0.627. The van der Waals surface area contributed by atoms with Crippen molar-refractivity contribution in [2.45, 2.75) is 18.1 Å². The zero-order chi connectivity index (χ0) is 13.4. The Bertz CT molecular complexity index is 700. The SMILES string of the molecule is O=c1c(Cc2ccccc2Cl)c(O)nc2n1CCS2. The van der Waals surface area contributed by atoms with Gasteiger partial charge in [0, 0.05) is 23.7 Å². The fourth-order valence-electron chi connectivity index (χ4n) is 2.09. The van der Waals surface area contributed by atoms with Crippen LogP contribution in [0.3, 0.4) is 0 Å². The van der Waals surface area contributed by atoms with Gasteiger partial charge in [0.2, 0.25) is 5.88 Å². The van der Waals surface area contributed by atoms with Gasteiger partial charge < -0.3 is 5.11 Å². The van der Waals surface area contributed by atoms with Gasteiger partial charge in [0.25, 0.3) is 5.56 Å². The van der Waals surface area contributed by atoms with Crippen LogP contribution in [-0.2, 0) is 13.0 Å². The Balaban J connectivity index is 2.07. The van der Waals surface area contributed by atoms with E-state index >= 15 is 0 Å². The molecule has 0 radical (unpaired) electrons. The van der Waals surface area contributed by atoms with E-state index in [0.29, 0.717) is 28.7 Å². The second-order valence-electron chi connectivity index (χ2n) is 4.27. The van der Waals surface area contributed by atoms with Crippen LogP contribution in [0.1, 0.15) is 11.1 Å². The lowest BCUT2D eigenvalue weighted by Crippen LogP contribution is -2.24. The van der Waals surface area contributed by atoms with Crippen LogP contribution in [0.4, 0.5) is 0 Å². The third-order valence-corrected chi connectivity index (χ3v) is 4.40. The van der Waals surface area contributed by atoms with Crippen LogP contribution >= 0.6 is 23.4 Å². The number of fused-ring (bicyclic) bond motifs is 1. The predicted octanol–water partition coefficient (Wildman–Crippen LogP) is 2.30. The van der Waals surface area contributed by atoms with Crippen molar-refractivity contribution in [1.82, 2.24) is 9.55 Å². The van der Waals surface area contributed by atoms with Crippen LogP contribution in [0.15, 0.2) is 34.2 Å². The van der Waals surface area contributed by atoms with E-state index in [1.165, 1.54) is 11.8 Å². The third-order valence-electron chi connectivity index (χ3n) is 3.08. The molecule has 98 valence electrons. The van der Waals surface area contributed by atoms with E-state index in [-0.39, 0.29) is 11.4 Å². The van der Waals surface area contributed by atoms with E-state index in [4.69, 9.17) is 11.6 Å². The average Bonchev–Trinajstić information content (AvgIpc) is 2.84. The summed E-state index contributed by atoms with van der Waals surface area (Å²) in [6.45, 7) is 0.641. The van der Waals surface area contributed by atoms with Crippen molar-refractivity contribution < 1.29 is 5.11 Å². The number of hydrogen-bond acceptors (Lipinski definition) is 4. The lowest BCUT2D eigenvalue weighted by molar-refractivity contribution is 0.428. The van der Waals surface area contributed by atoms with Gasteiger partial charge in [-0.15, -0.1) is 0 Å². The van der Waals surface area contributed by atoms with Gasteiger partial charge in [-0.1, -0.05) is 41.6 Å². The second kappa shape index (κ2) is 4.90. The maximum atomic E-state index is 12.3. The molecule has 0 amide bonds. The first-order valence-electron chi connectivity index (χ1n) is 5.85. The van der Waals surface area contributed by atoms with Gasteiger partial charge in [-0.25, -0.2) is 0 Å². The predicted molar refractivity (Wildman–Crippen MR) is 75.1 cm³/mol. The number of nitrogens with zero attached hydrogens (tertiary/aromatic N) is 2. The summed E-state index contributed by atoms with van der Waals surface area (Å²) >= 11 is 7.56. The molecule has 1 N–H and O–H groups in total. The molecule has 3 rings (SSSR count). The lowest BCUT2D eigenvalue weighted by Gasteiger charge is -2.08. The Morgan fingerprint density at radius 1 is 1.42 bits per heavy atom. The molecule has 1 aliphatic rings. The summed E-state index contributed by atoms with van der Waals surface area (Å²) in [6.07, 6.45) is 0.294. The Hall–Kier alpha value is -1.46. The highest BCUT2D eigenvalue weighted by Crippen LogP contribution is 2.26. The van der Waals surface area contributed by atoms with Gasteiger partial charge in [0.1, 0.15) is 0 Å². The first-order valence-corrected chi connectivity index (χ1v) is 7.22. The van der Waals surface area contributed by atoms with Crippen LogP contribution in [0.2, 0.25) is 5.02 Å². The monoisotopic (exact) mass is 294 g/mol. The number of halogens is 1. The summed E-state index contributed by atoms with van der Waals surface area (Å²) < 4.78 is 1.61.